The first-order chi connectivity index (χ1) is 8.99. The summed E-state index contributed by atoms with van der Waals surface area (Å²) >= 11 is 3.63. The van der Waals surface area contributed by atoms with Crippen molar-refractivity contribution in [2.45, 2.75) is 32.9 Å². The number of nitrogens with zero attached hydrogens (tertiary/aromatic N) is 1. The largest absolute Gasteiger partial charge is 0.368 e. The van der Waals surface area contributed by atoms with E-state index >= 15 is 0 Å². The molecule has 1 aromatic rings. The summed E-state index contributed by atoms with van der Waals surface area (Å²) in [5, 5.41) is 5.97. The van der Waals surface area contributed by atoms with Gasteiger partial charge in [0.2, 0.25) is 5.91 Å². The van der Waals surface area contributed by atoms with E-state index in [0.29, 0.717) is 6.04 Å². The summed E-state index contributed by atoms with van der Waals surface area (Å²) in [7, 11) is 1.80. The van der Waals surface area contributed by atoms with Crippen LogP contribution in [0.4, 0.5) is 11.4 Å². The van der Waals surface area contributed by atoms with Crippen LogP contribution in [0.25, 0.3) is 0 Å². The standard InChI is InChI=1S/C14H20BrN3O/c1-5-18(8(2)3)12-7-11-9(6-10(12)15)13(16-4)14(19)17-11/h6-8,13,16H,5H2,1-4H3,(H,17,19). The Morgan fingerprint density at radius 2 is 2.16 bits per heavy atom. The number of halogens is 1. The first-order valence-corrected chi connectivity index (χ1v) is 7.37. The fourth-order valence-electron chi connectivity index (χ4n) is 2.59. The Kier molecular flexibility index (Phi) is 4.16. The number of hydrogen-bond acceptors (Lipinski definition) is 3. The predicted molar refractivity (Wildman–Crippen MR) is 82.7 cm³/mol. The second-order valence-electron chi connectivity index (χ2n) is 4.98. The fraction of sp³-hybridized carbons (Fsp3) is 0.500. The minimum atomic E-state index is -0.255. The van der Waals surface area contributed by atoms with Crippen molar-refractivity contribution in [3.05, 3.63) is 22.2 Å². The van der Waals surface area contributed by atoms with Gasteiger partial charge in [0.05, 0.1) is 5.69 Å². The number of benzene rings is 1. The highest BCUT2D eigenvalue weighted by atomic mass is 79.9. The molecule has 1 atom stereocenters. The monoisotopic (exact) mass is 325 g/mol. The highest BCUT2D eigenvalue weighted by Gasteiger charge is 2.30. The lowest BCUT2D eigenvalue weighted by atomic mass is 10.1. The van der Waals surface area contributed by atoms with E-state index in [1.807, 2.05) is 6.07 Å². The Balaban J connectivity index is 2.46. The molecule has 0 spiro atoms. The molecule has 1 aromatic carbocycles. The molecule has 0 saturated heterocycles. The van der Waals surface area contributed by atoms with Gasteiger partial charge in [-0.25, -0.2) is 0 Å². The number of likely N-dealkylation sites (N-methyl/N-ethyl adjacent to an activating group) is 1. The maximum atomic E-state index is 11.9. The van der Waals surface area contributed by atoms with Gasteiger partial charge in [0.15, 0.2) is 0 Å². The number of hydrogen-bond donors (Lipinski definition) is 2. The average molecular weight is 326 g/mol. The number of fused-ring (bicyclic) bond motifs is 1. The van der Waals surface area contributed by atoms with Crippen LogP contribution in [0, 0.1) is 0 Å². The van der Waals surface area contributed by atoms with E-state index in [-0.39, 0.29) is 11.9 Å². The van der Waals surface area contributed by atoms with Crippen LogP contribution in [0.5, 0.6) is 0 Å². The Bertz CT molecular complexity index is 502. The van der Waals surface area contributed by atoms with E-state index in [4.69, 9.17) is 0 Å². The molecule has 0 saturated carbocycles. The van der Waals surface area contributed by atoms with Crippen LogP contribution in [0.2, 0.25) is 0 Å². The minimum Gasteiger partial charge on any atom is -0.368 e. The Morgan fingerprint density at radius 3 is 2.68 bits per heavy atom. The topological polar surface area (TPSA) is 44.4 Å². The number of nitrogens with one attached hydrogen (secondary N) is 2. The summed E-state index contributed by atoms with van der Waals surface area (Å²) in [6.45, 7) is 7.39. The second kappa shape index (κ2) is 5.51. The Hall–Kier alpha value is -1.07. The quantitative estimate of drug-likeness (QED) is 0.894. The highest BCUT2D eigenvalue weighted by molar-refractivity contribution is 9.10. The van der Waals surface area contributed by atoms with Crippen LogP contribution in [-0.2, 0) is 4.79 Å². The molecule has 0 fully saturated rings. The van der Waals surface area contributed by atoms with Gasteiger partial charge in [0.25, 0.3) is 0 Å². The van der Waals surface area contributed by atoms with Crippen molar-refractivity contribution in [3.8, 4) is 0 Å². The molecule has 0 aliphatic carbocycles. The zero-order chi connectivity index (χ0) is 14.2. The van der Waals surface area contributed by atoms with Crippen LogP contribution in [0.1, 0.15) is 32.4 Å². The van der Waals surface area contributed by atoms with Crippen LogP contribution < -0.4 is 15.5 Å². The highest BCUT2D eigenvalue weighted by Crippen LogP contribution is 2.39. The number of carbonyl (C=O) groups is 1. The molecule has 1 aliphatic rings. The van der Waals surface area contributed by atoms with Gasteiger partial charge < -0.3 is 15.5 Å². The Morgan fingerprint density at radius 1 is 1.47 bits per heavy atom. The molecule has 4 nitrogen and oxygen atoms in total. The zero-order valence-corrected chi connectivity index (χ0v) is 13.3. The number of amides is 1. The summed E-state index contributed by atoms with van der Waals surface area (Å²) in [6, 6.07) is 4.25. The van der Waals surface area contributed by atoms with Crippen molar-refractivity contribution < 1.29 is 4.79 Å². The van der Waals surface area contributed by atoms with Crippen LogP contribution in [0.15, 0.2) is 16.6 Å². The van der Waals surface area contributed by atoms with Gasteiger partial charge in [0, 0.05) is 28.3 Å². The van der Waals surface area contributed by atoms with Crippen molar-refractivity contribution in [2.24, 2.45) is 0 Å². The minimum absolute atomic E-state index is 0.00847. The van der Waals surface area contributed by atoms with E-state index < -0.39 is 0 Å². The normalized spacial score (nSPS) is 17.6. The van der Waals surface area contributed by atoms with E-state index in [9.17, 15) is 4.79 Å². The van der Waals surface area contributed by atoms with E-state index in [2.05, 4.69) is 58.3 Å². The van der Waals surface area contributed by atoms with E-state index in [0.717, 1.165) is 28.0 Å². The van der Waals surface area contributed by atoms with Gasteiger partial charge in [-0.15, -0.1) is 0 Å². The lowest BCUT2D eigenvalue weighted by Crippen LogP contribution is -2.30. The predicted octanol–water partition coefficient (Wildman–Crippen LogP) is 2.90. The summed E-state index contributed by atoms with van der Waals surface area (Å²) < 4.78 is 1.03. The second-order valence-corrected chi connectivity index (χ2v) is 5.84. The molecule has 19 heavy (non-hydrogen) atoms. The SMILES string of the molecule is CCN(c1cc2c(cc1Br)C(NC)C(=O)N2)C(C)C. The maximum Gasteiger partial charge on any atom is 0.246 e. The summed E-state index contributed by atoms with van der Waals surface area (Å²) in [4.78, 5) is 14.2. The van der Waals surface area contributed by atoms with E-state index in [1.165, 1.54) is 0 Å². The van der Waals surface area contributed by atoms with Gasteiger partial charge >= 0.3 is 0 Å². The van der Waals surface area contributed by atoms with Crippen LogP contribution >= 0.6 is 15.9 Å². The van der Waals surface area contributed by atoms with Crippen molar-refractivity contribution in [1.29, 1.82) is 0 Å². The summed E-state index contributed by atoms with van der Waals surface area (Å²) in [5.74, 6) is 0.00847. The lowest BCUT2D eigenvalue weighted by Gasteiger charge is -2.29. The number of anilines is 2. The molecule has 0 radical (unpaired) electrons. The van der Waals surface area contributed by atoms with Gasteiger partial charge in [-0.05, 0) is 55.9 Å². The molecule has 1 unspecified atom stereocenters. The zero-order valence-electron chi connectivity index (χ0n) is 11.7. The summed E-state index contributed by atoms with van der Waals surface area (Å²) in [6.07, 6.45) is 0. The molecule has 0 aromatic heterocycles. The van der Waals surface area contributed by atoms with Gasteiger partial charge in [0.1, 0.15) is 6.04 Å². The third kappa shape index (κ3) is 2.49. The summed E-state index contributed by atoms with van der Waals surface area (Å²) in [5.41, 5.74) is 3.03. The van der Waals surface area contributed by atoms with Gasteiger partial charge in [-0.1, -0.05) is 0 Å². The molecule has 1 aliphatic heterocycles. The van der Waals surface area contributed by atoms with Crippen molar-refractivity contribution in [3.63, 3.8) is 0 Å². The molecule has 0 bridgehead atoms. The molecule has 104 valence electrons. The van der Waals surface area contributed by atoms with Gasteiger partial charge in [-0.3, -0.25) is 4.79 Å². The molecule has 2 rings (SSSR count). The van der Waals surface area contributed by atoms with Crippen LogP contribution in [-0.4, -0.2) is 25.5 Å². The molecule has 2 N–H and O–H groups in total. The van der Waals surface area contributed by atoms with Crippen molar-refractivity contribution >= 4 is 33.2 Å². The lowest BCUT2D eigenvalue weighted by molar-refractivity contribution is -0.117. The molecule has 1 amide bonds. The molecular weight excluding hydrogens is 306 g/mol. The molecular formula is C14H20BrN3O. The van der Waals surface area contributed by atoms with Crippen LogP contribution in [0.3, 0.4) is 0 Å². The molecule has 1 heterocycles. The third-order valence-corrected chi connectivity index (χ3v) is 4.15. The van der Waals surface area contributed by atoms with Crippen molar-refractivity contribution in [1.82, 2.24) is 5.32 Å². The first kappa shape index (κ1) is 14.3. The van der Waals surface area contributed by atoms with Gasteiger partial charge in [-0.2, -0.15) is 0 Å². The Labute approximate surface area is 122 Å². The number of carbonyl (C=O) groups excluding carboxylic acids is 1. The first-order valence-electron chi connectivity index (χ1n) is 6.57. The van der Waals surface area contributed by atoms with Crippen molar-refractivity contribution in [2.75, 3.05) is 23.8 Å². The average Bonchev–Trinajstić information content (AvgIpc) is 2.64. The molecule has 5 heteroatoms. The third-order valence-electron chi connectivity index (χ3n) is 3.51. The maximum absolute atomic E-state index is 11.9. The fourth-order valence-corrected chi connectivity index (χ4v) is 3.18. The smallest absolute Gasteiger partial charge is 0.246 e. The number of rotatable bonds is 4. The van der Waals surface area contributed by atoms with E-state index in [1.54, 1.807) is 7.05 Å².